The molecule has 1 saturated heterocycles. The van der Waals surface area contributed by atoms with E-state index in [1.807, 2.05) is 23.2 Å². The molecular weight excluding hydrogens is 350 g/mol. The fraction of sp³-hybridized carbons (Fsp3) is 0.273. The van der Waals surface area contributed by atoms with E-state index in [-0.39, 0.29) is 11.9 Å². The van der Waals surface area contributed by atoms with Crippen molar-refractivity contribution < 1.29 is 4.79 Å². The molecule has 3 aromatic rings. The number of nitrogens with zero attached hydrogens (tertiary/aromatic N) is 2. The predicted molar refractivity (Wildman–Crippen MR) is 108 cm³/mol. The summed E-state index contributed by atoms with van der Waals surface area (Å²) in [4.78, 5) is 11.6. The second-order valence-corrected chi connectivity index (χ2v) is 7.47. The lowest BCUT2D eigenvalue weighted by molar-refractivity contribution is -0.125. The Balaban J connectivity index is 1.47. The Morgan fingerprint density at radius 1 is 1.21 bits per heavy atom. The highest BCUT2D eigenvalue weighted by Gasteiger charge is 2.29. The van der Waals surface area contributed by atoms with Crippen molar-refractivity contribution in [1.82, 2.24) is 25.9 Å². The van der Waals surface area contributed by atoms with E-state index >= 15 is 0 Å². The molecule has 0 radical (unpaired) electrons. The Labute approximate surface area is 163 Å². The molecule has 28 heavy (non-hydrogen) atoms. The first-order chi connectivity index (χ1) is 13.7. The molecule has 1 aliphatic carbocycles. The van der Waals surface area contributed by atoms with Crippen LogP contribution in [0.5, 0.6) is 0 Å². The quantitative estimate of drug-likeness (QED) is 0.516. The van der Waals surface area contributed by atoms with Gasteiger partial charge in [0, 0.05) is 49.7 Å². The molecule has 1 aliphatic heterocycles. The third-order valence-corrected chi connectivity index (χ3v) is 5.61. The second kappa shape index (κ2) is 6.89. The van der Waals surface area contributed by atoms with Crippen LogP contribution < -0.4 is 10.7 Å². The molecule has 0 saturated carbocycles. The fourth-order valence-electron chi connectivity index (χ4n) is 4.33. The summed E-state index contributed by atoms with van der Waals surface area (Å²) in [5.41, 5.74) is 11.3. The van der Waals surface area contributed by atoms with Crippen LogP contribution in [-0.4, -0.2) is 40.7 Å². The van der Waals surface area contributed by atoms with Crippen molar-refractivity contribution in [1.29, 1.82) is 0 Å². The van der Waals surface area contributed by atoms with Crippen molar-refractivity contribution in [3.05, 3.63) is 65.2 Å². The van der Waals surface area contributed by atoms with Gasteiger partial charge in [-0.25, -0.2) is 5.01 Å². The Hall–Kier alpha value is -2.96. The monoisotopic (exact) mass is 373 g/mol. The first kappa shape index (κ1) is 17.2. The molecule has 1 amide bonds. The summed E-state index contributed by atoms with van der Waals surface area (Å²) in [6.07, 6.45) is 0.875. The maximum absolute atomic E-state index is 11.6. The summed E-state index contributed by atoms with van der Waals surface area (Å²) in [5, 5.41) is 13.3. The maximum Gasteiger partial charge on any atom is 0.231 e. The molecule has 1 fully saturated rings. The van der Waals surface area contributed by atoms with Crippen LogP contribution >= 0.6 is 0 Å². The van der Waals surface area contributed by atoms with E-state index in [2.05, 4.69) is 51.3 Å². The molecule has 1 unspecified atom stereocenters. The van der Waals surface area contributed by atoms with Gasteiger partial charge in [-0.2, -0.15) is 5.10 Å². The van der Waals surface area contributed by atoms with Gasteiger partial charge in [0.1, 0.15) is 0 Å². The van der Waals surface area contributed by atoms with Crippen LogP contribution in [0.2, 0.25) is 0 Å². The zero-order chi connectivity index (χ0) is 19.1. The minimum Gasteiger partial charge on any atom is -0.313 e. The average molecular weight is 373 g/mol. The van der Waals surface area contributed by atoms with E-state index in [4.69, 9.17) is 0 Å². The van der Waals surface area contributed by atoms with Gasteiger partial charge in [0.25, 0.3) is 0 Å². The van der Waals surface area contributed by atoms with Gasteiger partial charge in [-0.3, -0.25) is 15.3 Å². The summed E-state index contributed by atoms with van der Waals surface area (Å²) < 4.78 is 0. The Bertz CT molecular complexity index is 1030. The van der Waals surface area contributed by atoms with Crippen LogP contribution in [0.1, 0.15) is 29.7 Å². The Morgan fingerprint density at radius 2 is 2.07 bits per heavy atom. The van der Waals surface area contributed by atoms with Gasteiger partial charge < -0.3 is 5.32 Å². The van der Waals surface area contributed by atoms with Crippen LogP contribution in [0.25, 0.3) is 22.5 Å². The molecule has 6 nitrogen and oxygen atoms in total. The van der Waals surface area contributed by atoms with Crippen molar-refractivity contribution in [2.24, 2.45) is 0 Å². The molecule has 1 atom stereocenters. The average Bonchev–Trinajstić information content (AvgIpc) is 3.27. The molecule has 3 N–H and O–H groups in total. The van der Waals surface area contributed by atoms with Gasteiger partial charge in [0.15, 0.2) is 0 Å². The number of nitrogens with one attached hydrogen (secondary N) is 3. The number of hydrogen-bond acceptors (Lipinski definition) is 4. The normalized spacial score (nSPS) is 18.5. The van der Waals surface area contributed by atoms with Gasteiger partial charge in [-0.15, -0.1) is 0 Å². The number of benzene rings is 2. The molecule has 0 spiro atoms. The third-order valence-electron chi connectivity index (χ3n) is 5.61. The molecular formula is C22H23N5O. The number of amides is 1. The summed E-state index contributed by atoms with van der Waals surface area (Å²) in [7, 11) is 0. The molecule has 0 bridgehead atoms. The van der Waals surface area contributed by atoms with Crippen molar-refractivity contribution >= 4 is 5.91 Å². The predicted octanol–water partition coefficient (Wildman–Crippen LogP) is 2.65. The lowest BCUT2D eigenvalue weighted by Crippen LogP contribution is -2.53. The topological polar surface area (TPSA) is 73.1 Å². The third kappa shape index (κ3) is 2.91. The number of hydrogen-bond donors (Lipinski definition) is 3. The molecule has 5 rings (SSSR count). The van der Waals surface area contributed by atoms with Gasteiger partial charge in [-0.1, -0.05) is 48.5 Å². The molecule has 2 heterocycles. The summed E-state index contributed by atoms with van der Waals surface area (Å²) in [6, 6.07) is 17.1. The Morgan fingerprint density at radius 3 is 2.89 bits per heavy atom. The molecule has 2 aliphatic rings. The SMILES string of the molecule is CC(=O)NN1CCNCC1c1ccc2c(c1)Cc1c(-c3ccccc3)n[nH]c1-2. The van der Waals surface area contributed by atoms with E-state index in [1.165, 1.54) is 22.3 Å². The number of piperazine rings is 1. The number of H-pyrrole nitrogens is 1. The minimum absolute atomic E-state index is 0.0263. The van der Waals surface area contributed by atoms with Crippen molar-refractivity contribution in [2.75, 3.05) is 19.6 Å². The summed E-state index contributed by atoms with van der Waals surface area (Å²) in [6.45, 7) is 4.05. The lowest BCUT2D eigenvalue weighted by atomic mass is 9.99. The van der Waals surface area contributed by atoms with E-state index in [0.717, 1.165) is 43.0 Å². The van der Waals surface area contributed by atoms with Gasteiger partial charge in [-0.05, 0) is 11.1 Å². The first-order valence-electron chi connectivity index (χ1n) is 9.71. The zero-order valence-corrected chi connectivity index (χ0v) is 15.8. The number of rotatable bonds is 3. The van der Waals surface area contributed by atoms with Crippen LogP contribution in [0.3, 0.4) is 0 Å². The van der Waals surface area contributed by atoms with E-state index < -0.39 is 0 Å². The van der Waals surface area contributed by atoms with E-state index in [1.54, 1.807) is 6.92 Å². The summed E-state index contributed by atoms with van der Waals surface area (Å²) >= 11 is 0. The molecule has 142 valence electrons. The van der Waals surface area contributed by atoms with Crippen LogP contribution in [0.4, 0.5) is 0 Å². The second-order valence-electron chi connectivity index (χ2n) is 7.47. The number of fused-ring (bicyclic) bond motifs is 3. The lowest BCUT2D eigenvalue weighted by Gasteiger charge is -2.36. The number of aromatic amines is 1. The molecule has 1 aromatic heterocycles. The van der Waals surface area contributed by atoms with Gasteiger partial charge in [0.05, 0.1) is 17.4 Å². The largest absolute Gasteiger partial charge is 0.313 e. The fourth-order valence-corrected chi connectivity index (χ4v) is 4.33. The minimum atomic E-state index is -0.0263. The highest BCUT2D eigenvalue weighted by Crippen LogP contribution is 2.41. The maximum atomic E-state index is 11.6. The number of aromatic nitrogens is 2. The standard InChI is InChI=1S/C22H23N5O/c1-14(28)26-27-10-9-23-13-20(27)16-7-8-18-17(11-16)12-19-21(24-25-22(18)19)15-5-3-2-4-6-15/h2-8,11,20,23H,9-10,12-13H2,1H3,(H,24,25)(H,26,28). The molecule has 2 aromatic carbocycles. The van der Waals surface area contributed by atoms with Crippen molar-refractivity contribution in [2.45, 2.75) is 19.4 Å². The van der Waals surface area contributed by atoms with Crippen molar-refractivity contribution in [3.8, 4) is 22.5 Å². The number of hydrazine groups is 1. The first-order valence-corrected chi connectivity index (χ1v) is 9.71. The van der Waals surface area contributed by atoms with Crippen LogP contribution in [0, 0.1) is 0 Å². The van der Waals surface area contributed by atoms with Gasteiger partial charge in [0.2, 0.25) is 5.91 Å². The number of carbonyl (C=O) groups excluding carboxylic acids is 1. The zero-order valence-electron chi connectivity index (χ0n) is 15.8. The van der Waals surface area contributed by atoms with Crippen LogP contribution in [-0.2, 0) is 11.2 Å². The smallest absolute Gasteiger partial charge is 0.231 e. The number of carbonyl (C=O) groups is 1. The van der Waals surface area contributed by atoms with Crippen molar-refractivity contribution in [3.63, 3.8) is 0 Å². The molecule has 6 heteroatoms. The summed E-state index contributed by atoms with van der Waals surface area (Å²) in [5.74, 6) is -0.0263. The van der Waals surface area contributed by atoms with E-state index in [9.17, 15) is 4.79 Å². The highest BCUT2D eigenvalue weighted by molar-refractivity contribution is 5.81. The van der Waals surface area contributed by atoms with E-state index in [0.29, 0.717) is 0 Å². The Kier molecular flexibility index (Phi) is 4.22. The van der Waals surface area contributed by atoms with Gasteiger partial charge >= 0.3 is 0 Å². The highest BCUT2D eigenvalue weighted by atomic mass is 16.2. The van der Waals surface area contributed by atoms with Crippen LogP contribution in [0.15, 0.2) is 48.5 Å².